The number of hydrogen-bond acceptors (Lipinski definition) is 5. The van der Waals surface area contributed by atoms with Crippen LogP contribution in [0.2, 0.25) is 0 Å². The van der Waals surface area contributed by atoms with Gasteiger partial charge in [-0.05, 0) is 54.8 Å². The lowest BCUT2D eigenvalue weighted by Crippen LogP contribution is -2.38. The number of sulfonamides is 1. The van der Waals surface area contributed by atoms with Crippen LogP contribution in [0.25, 0.3) is 0 Å². The van der Waals surface area contributed by atoms with E-state index in [0.717, 1.165) is 29.1 Å². The van der Waals surface area contributed by atoms with Crippen molar-refractivity contribution in [2.24, 2.45) is 0 Å². The van der Waals surface area contributed by atoms with Crippen LogP contribution >= 0.6 is 0 Å². The Bertz CT molecular complexity index is 1200. The molecule has 0 aliphatic carbocycles. The van der Waals surface area contributed by atoms with Gasteiger partial charge in [-0.25, -0.2) is 8.42 Å². The van der Waals surface area contributed by atoms with E-state index in [1.165, 1.54) is 36.4 Å². The zero-order chi connectivity index (χ0) is 23.8. The number of nitrogens with zero attached hydrogens (tertiary/aromatic N) is 2. The van der Waals surface area contributed by atoms with Gasteiger partial charge in [0.2, 0.25) is 5.91 Å². The van der Waals surface area contributed by atoms with Crippen LogP contribution in [-0.2, 0) is 21.2 Å². The minimum atomic E-state index is -4.09. The highest BCUT2D eigenvalue weighted by Gasteiger charge is 2.27. The van der Waals surface area contributed by atoms with E-state index in [9.17, 15) is 23.3 Å². The molecule has 0 fully saturated rings. The van der Waals surface area contributed by atoms with Crippen LogP contribution in [0, 0.1) is 10.1 Å². The van der Waals surface area contributed by atoms with Crippen molar-refractivity contribution in [3.05, 3.63) is 94.5 Å². The van der Waals surface area contributed by atoms with Crippen LogP contribution in [0.1, 0.15) is 25.3 Å². The van der Waals surface area contributed by atoms with Crippen molar-refractivity contribution in [2.75, 3.05) is 16.2 Å². The highest BCUT2D eigenvalue weighted by molar-refractivity contribution is 7.92. The van der Waals surface area contributed by atoms with Gasteiger partial charge in [0, 0.05) is 17.8 Å². The van der Waals surface area contributed by atoms with Gasteiger partial charge in [0.15, 0.2) is 0 Å². The lowest BCUT2D eigenvalue weighted by Gasteiger charge is -2.24. The number of amides is 1. The number of nitro groups is 1. The molecule has 0 heterocycles. The number of anilines is 2. The first-order valence-electron chi connectivity index (χ1n) is 10.5. The van der Waals surface area contributed by atoms with Gasteiger partial charge in [0.05, 0.1) is 15.5 Å². The largest absolute Gasteiger partial charge is 0.325 e. The van der Waals surface area contributed by atoms with Crippen molar-refractivity contribution in [1.82, 2.24) is 0 Å². The van der Waals surface area contributed by atoms with E-state index < -0.39 is 27.4 Å². The van der Waals surface area contributed by atoms with E-state index in [1.54, 1.807) is 30.3 Å². The summed E-state index contributed by atoms with van der Waals surface area (Å²) in [6.45, 7) is 1.63. The maximum atomic E-state index is 13.3. The average Bonchev–Trinajstić information content (AvgIpc) is 2.82. The average molecular weight is 468 g/mol. The molecular weight excluding hydrogens is 442 g/mol. The standard InChI is InChI=1S/C24H25N3O5S/c1-2-3-7-19-10-12-20(13-11-19)25-24(28)18-26(21-14-16-22(17-15-21)27(29)30)33(31,32)23-8-5-4-6-9-23/h4-6,8-17H,2-3,7,18H2,1H3,(H,25,28). The maximum absolute atomic E-state index is 13.3. The normalized spacial score (nSPS) is 11.1. The van der Waals surface area contributed by atoms with Crippen molar-refractivity contribution in [1.29, 1.82) is 0 Å². The fourth-order valence-electron chi connectivity index (χ4n) is 3.24. The second kappa shape index (κ2) is 10.7. The molecule has 9 heteroatoms. The molecule has 3 aromatic carbocycles. The van der Waals surface area contributed by atoms with Crippen molar-refractivity contribution in [2.45, 2.75) is 31.1 Å². The lowest BCUT2D eigenvalue weighted by molar-refractivity contribution is -0.384. The second-order valence-corrected chi connectivity index (χ2v) is 9.31. The summed E-state index contributed by atoms with van der Waals surface area (Å²) >= 11 is 0. The molecule has 0 radical (unpaired) electrons. The van der Waals surface area contributed by atoms with Crippen molar-refractivity contribution in [3.8, 4) is 0 Å². The monoisotopic (exact) mass is 467 g/mol. The van der Waals surface area contributed by atoms with Crippen LogP contribution in [-0.4, -0.2) is 25.8 Å². The predicted molar refractivity (Wildman–Crippen MR) is 128 cm³/mol. The molecule has 172 valence electrons. The Kier molecular flexibility index (Phi) is 7.78. The molecule has 8 nitrogen and oxygen atoms in total. The first-order valence-corrected chi connectivity index (χ1v) is 12.0. The van der Waals surface area contributed by atoms with Gasteiger partial charge in [0.1, 0.15) is 6.54 Å². The fourth-order valence-corrected chi connectivity index (χ4v) is 4.68. The Morgan fingerprint density at radius 2 is 1.61 bits per heavy atom. The first-order chi connectivity index (χ1) is 15.8. The van der Waals surface area contributed by atoms with E-state index in [-0.39, 0.29) is 16.3 Å². The number of unbranched alkanes of at least 4 members (excludes halogenated alkanes) is 1. The van der Waals surface area contributed by atoms with Gasteiger partial charge >= 0.3 is 0 Å². The van der Waals surface area contributed by atoms with E-state index in [2.05, 4.69) is 12.2 Å². The maximum Gasteiger partial charge on any atom is 0.269 e. The molecule has 1 N–H and O–H groups in total. The summed E-state index contributed by atoms with van der Waals surface area (Å²) in [6.07, 6.45) is 3.12. The summed E-state index contributed by atoms with van der Waals surface area (Å²) in [5, 5.41) is 13.7. The Morgan fingerprint density at radius 1 is 0.970 bits per heavy atom. The lowest BCUT2D eigenvalue weighted by atomic mass is 10.1. The number of carbonyl (C=O) groups is 1. The Labute approximate surface area is 193 Å². The molecular formula is C24H25N3O5S. The third-order valence-corrected chi connectivity index (χ3v) is 6.81. The molecule has 0 bridgehead atoms. The Hall–Kier alpha value is -3.72. The molecule has 0 atom stereocenters. The molecule has 0 saturated heterocycles. The molecule has 0 aliphatic rings. The highest BCUT2D eigenvalue weighted by Crippen LogP contribution is 2.26. The molecule has 3 aromatic rings. The molecule has 0 aromatic heterocycles. The van der Waals surface area contributed by atoms with Gasteiger partial charge in [-0.15, -0.1) is 0 Å². The first kappa shape index (κ1) is 23.9. The van der Waals surface area contributed by atoms with Crippen LogP contribution in [0.15, 0.2) is 83.8 Å². The van der Waals surface area contributed by atoms with E-state index >= 15 is 0 Å². The quantitative estimate of drug-likeness (QED) is 0.341. The molecule has 33 heavy (non-hydrogen) atoms. The highest BCUT2D eigenvalue weighted by atomic mass is 32.2. The molecule has 0 spiro atoms. The zero-order valence-corrected chi connectivity index (χ0v) is 19.0. The summed E-state index contributed by atoms with van der Waals surface area (Å²) in [7, 11) is -4.09. The summed E-state index contributed by atoms with van der Waals surface area (Å²) < 4.78 is 27.5. The van der Waals surface area contributed by atoms with Gasteiger partial charge in [-0.1, -0.05) is 43.7 Å². The van der Waals surface area contributed by atoms with E-state index in [1.807, 2.05) is 12.1 Å². The van der Waals surface area contributed by atoms with Crippen molar-refractivity contribution < 1.29 is 18.1 Å². The number of aryl methyl sites for hydroxylation is 1. The SMILES string of the molecule is CCCCc1ccc(NC(=O)CN(c2ccc([N+](=O)[O-])cc2)S(=O)(=O)c2ccccc2)cc1. The Balaban J connectivity index is 1.85. The van der Waals surface area contributed by atoms with Gasteiger partial charge in [0.25, 0.3) is 15.7 Å². The minimum absolute atomic E-state index is 0.0106. The number of nitro benzene ring substituents is 1. The zero-order valence-electron chi connectivity index (χ0n) is 18.2. The van der Waals surface area contributed by atoms with Gasteiger partial charge in [-0.3, -0.25) is 19.2 Å². The summed E-state index contributed by atoms with van der Waals surface area (Å²) in [5.41, 5.74) is 1.69. The predicted octanol–water partition coefficient (Wildman–Crippen LogP) is 4.77. The number of carbonyl (C=O) groups excluding carboxylic acids is 1. The van der Waals surface area contributed by atoms with Gasteiger partial charge in [-0.2, -0.15) is 0 Å². The fraction of sp³-hybridized carbons (Fsp3) is 0.208. The molecule has 0 aliphatic heterocycles. The Morgan fingerprint density at radius 3 is 2.18 bits per heavy atom. The minimum Gasteiger partial charge on any atom is -0.325 e. The van der Waals surface area contributed by atoms with Crippen LogP contribution in [0.4, 0.5) is 17.1 Å². The number of nitrogens with one attached hydrogen (secondary N) is 1. The number of hydrogen-bond donors (Lipinski definition) is 1. The molecule has 3 rings (SSSR count). The van der Waals surface area contributed by atoms with Crippen LogP contribution < -0.4 is 9.62 Å². The van der Waals surface area contributed by atoms with Crippen molar-refractivity contribution in [3.63, 3.8) is 0 Å². The smallest absolute Gasteiger partial charge is 0.269 e. The summed E-state index contributed by atoms with van der Waals surface area (Å²) in [6, 6.07) is 20.2. The summed E-state index contributed by atoms with van der Waals surface area (Å²) in [4.78, 5) is 23.2. The number of benzene rings is 3. The van der Waals surface area contributed by atoms with E-state index in [0.29, 0.717) is 5.69 Å². The number of non-ortho nitro benzene ring substituents is 1. The second-order valence-electron chi connectivity index (χ2n) is 7.45. The molecule has 0 unspecified atom stereocenters. The third kappa shape index (κ3) is 6.17. The van der Waals surface area contributed by atoms with E-state index in [4.69, 9.17) is 0 Å². The van der Waals surface area contributed by atoms with Crippen molar-refractivity contribution >= 4 is 33.0 Å². The topological polar surface area (TPSA) is 110 Å². The number of rotatable bonds is 10. The van der Waals surface area contributed by atoms with Crippen LogP contribution in [0.5, 0.6) is 0 Å². The summed E-state index contributed by atoms with van der Waals surface area (Å²) in [5.74, 6) is -0.533. The van der Waals surface area contributed by atoms with Gasteiger partial charge < -0.3 is 5.32 Å². The third-order valence-electron chi connectivity index (χ3n) is 5.02. The van der Waals surface area contributed by atoms with Crippen LogP contribution in [0.3, 0.4) is 0 Å². The molecule has 0 saturated carbocycles. The molecule has 1 amide bonds.